The van der Waals surface area contributed by atoms with E-state index in [2.05, 4.69) is 4.37 Å². The molecule has 0 atom stereocenters. The number of hydrogen-bond acceptors (Lipinski definition) is 7. The van der Waals surface area contributed by atoms with E-state index in [1.807, 2.05) is 24.4 Å². The van der Waals surface area contributed by atoms with Crippen LogP contribution in [0.2, 0.25) is 0 Å². The first-order valence-electron chi connectivity index (χ1n) is 7.84. The highest BCUT2D eigenvalue weighted by Crippen LogP contribution is 2.42. The Labute approximate surface area is 157 Å². The maximum absolute atomic E-state index is 10.4. The SMILES string of the molecule is CO/C(C)=C/C(O)=C(\C)c1csnc1-c1cc(OC)c(OC)c(OC)c1. The molecule has 7 heteroatoms. The van der Waals surface area contributed by atoms with Crippen molar-refractivity contribution < 1.29 is 24.1 Å². The highest BCUT2D eigenvalue weighted by Gasteiger charge is 2.19. The molecule has 2 rings (SSSR count). The summed E-state index contributed by atoms with van der Waals surface area (Å²) in [5, 5.41) is 12.3. The zero-order chi connectivity index (χ0) is 19.3. The Balaban J connectivity index is 2.60. The third-order valence-corrected chi connectivity index (χ3v) is 4.59. The van der Waals surface area contributed by atoms with Crippen LogP contribution in [0.5, 0.6) is 17.2 Å². The lowest BCUT2D eigenvalue weighted by molar-refractivity contribution is 0.290. The molecule has 0 unspecified atom stereocenters. The summed E-state index contributed by atoms with van der Waals surface area (Å²) in [6.45, 7) is 3.61. The fourth-order valence-electron chi connectivity index (χ4n) is 2.43. The molecule has 0 fully saturated rings. The van der Waals surface area contributed by atoms with Crippen LogP contribution in [0.4, 0.5) is 0 Å². The molecule has 1 heterocycles. The number of nitrogens with zero attached hydrogens (tertiary/aromatic N) is 1. The first-order valence-corrected chi connectivity index (χ1v) is 8.67. The number of aromatic nitrogens is 1. The Morgan fingerprint density at radius 1 is 1.04 bits per heavy atom. The summed E-state index contributed by atoms with van der Waals surface area (Å²) < 4.78 is 25.8. The minimum atomic E-state index is 0.123. The summed E-state index contributed by atoms with van der Waals surface area (Å²) in [6, 6.07) is 3.67. The summed E-state index contributed by atoms with van der Waals surface area (Å²) in [7, 11) is 6.25. The van der Waals surface area contributed by atoms with E-state index in [9.17, 15) is 5.11 Å². The average Bonchev–Trinajstić information content (AvgIpc) is 3.15. The zero-order valence-electron chi connectivity index (χ0n) is 15.7. The minimum absolute atomic E-state index is 0.123. The van der Waals surface area contributed by atoms with Gasteiger partial charge in [-0.15, -0.1) is 0 Å². The molecule has 0 saturated heterocycles. The van der Waals surface area contributed by atoms with Crippen molar-refractivity contribution in [2.24, 2.45) is 0 Å². The molecule has 1 N–H and O–H groups in total. The third-order valence-electron chi connectivity index (χ3n) is 3.96. The van der Waals surface area contributed by atoms with Crippen LogP contribution in [-0.2, 0) is 4.74 Å². The molecule has 0 amide bonds. The first kappa shape index (κ1) is 19.7. The largest absolute Gasteiger partial charge is 0.508 e. The van der Waals surface area contributed by atoms with Crippen molar-refractivity contribution in [3.63, 3.8) is 0 Å². The maximum atomic E-state index is 10.4. The monoisotopic (exact) mass is 377 g/mol. The second-order valence-electron chi connectivity index (χ2n) is 5.46. The van der Waals surface area contributed by atoms with Gasteiger partial charge in [0.1, 0.15) is 5.76 Å². The number of rotatable bonds is 7. The van der Waals surface area contributed by atoms with Gasteiger partial charge in [0.05, 0.1) is 39.9 Å². The van der Waals surface area contributed by atoms with Gasteiger partial charge < -0.3 is 24.1 Å². The third kappa shape index (κ3) is 3.94. The predicted molar refractivity (Wildman–Crippen MR) is 103 cm³/mol. The fourth-order valence-corrected chi connectivity index (χ4v) is 3.18. The van der Waals surface area contributed by atoms with Gasteiger partial charge >= 0.3 is 0 Å². The Morgan fingerprint density at radius 2 is 1.65 bits per heavy atom. The number of hydrogen-bond donors (Lipinski definition) is 1. The summed E-state index contributed by atoms with van der Waals surface area (Å²) >= 11 is 1.31. The van der Waals surface area contributed by atoms with E-state index in [0.29, 0.717) is 28.6 Å². The van der Waals surface area contributed by atoms with Crippen LogP contribution in [0.15, 0.2) is 35.1 Å². The Hall–Kier alpha value is -2.67. The van der Waals surface area contributed by atoms with Crippen molar-refractivity contribution in [3.8, 4) is 28.5 Å². The van der Waals surface area contributed by atoms with Crippen molar-refractivity contribution in [2.45, 2.75) is 13.8 Å². The fraction of sp³-hybridized carbons (Fsp3) is 0.316. The van der Waals surface area contributed by atoms with E-state index >= 15 is 0 Å². The van der Waals surface area contributed by atoms with Crippen molar-refractivity contribution in [1.82, 2.24) is 4.37 Å². The van der Waals surface area contributed by atoms with Gasteiger partial charge in [-0.3, -0.25) is 0 Å². The molecule has 1 aromatic carbocycles. The normalized spacial score (nSPS) is 12.5. The van der Waals surface area contributed by atoms with Gasteiger partial charge in [0, 0.05) is 28.2 Å². The number of methoxy groups -OCH3 is 4. The van der Waals surface area contributed by atoms with Gasteiger partial charge in [-0.05, 0) is 37.5 Å². The van der Waals surface area contributed by atoms with Crippen molar-refractivity contribution in [2.75, 3.05) is 28.4 Å². The molecule has 0 bridgehead atoms. The summed E-state index contributed by atoms with van der Waals surface area (Å²) in [5.41, 5.74) is 3.04. The highest BCUT2D eigenvalue weighted by molar-refractivity contribution is 7.04. The molecule has 140 valence electrons. The average molecular weight is 377 g/mol. The Bertz CT molecular complexity index is 813. The topological polar surface area (TPSA) is 70.0 Å². The lowest BCUT2D eigenvalue weighted by Gasteiger charge is -2.14. The van der Waals surface area contributed by atoms with Gasteiger partial charge in [-0.2, -0.15) is 4.37 Å². The van der Waals surface area contributed by atoms with Crippen molar-refractivity contribution in [3.05, 3.63) is 40.7 Å². The maximum Gasteiger partial charge on any atom is 0.203 e. The van der Waals surface area contributed by atoms with Crippen LogP contribution in [0.3, 0.4) is 0 Å². The first-order chi connectivity index (χ1) is 12.5. The molecule has 0 spiro atoms. The van der Waals surface area contributed by atoms with Crippen LogP contribution in [0, 0.1) is 0 Å². The molecule has 0 aliphatic heterocycles. The van der Waals surface area contributed by atoms with Gasteiger partial charge in [0.2, 0.25) is 5.75 Å². The van der Waals surface area contributed by atoms with Gasteiger partial charge in [0.15, 0.2) is 11.5 Å². The summed E-state index contributed by atoms with van der Waals surface area (Å²) in [4.78, 5) is 0. The van der Waals surface area contributed by atoms with E-state index in [1.54, 1.807) is 41.4 Å². The number of aliphatic hydroxyl groups is 1. The van der Waals surface area contributed by atoms with Crippen LogP contribution >= 0.6 is 11.5 Å². The molecule has 0 radical (unpaired) electrons. The van der Waals surface area contributed by atoms with Crippen LogP contribution in [-0.4, -0.2) is 37.9 Å². The Kier molecular flexibility index (Phi) is 6.52. The molecular formula is C19H23NO5S. The number of aliphatic hydroxyl groups excluding tert-OH is 1. The van der Waals surface area contributed by atoms with E-state index in [-0.39, 0.29) is 5.76 Å². The van der Waals surface area contributed by atoms with E-state index in [4.69, 9.17) is 18.9 Å². The van der Waals surface area contributed by atoms with Gasteiger partial charge in [0.25, 0.3) is 0 Å². The molecule has 0 aliphatic carbocycles. The number of allylic oxidation sites excluding steroid dienone is 3. The predicted octanol–water partition coefficient (Wildman–Crippen LogP) is 4.68. The molecule has 1 aromatic heterocycles. The molecule has 0 saturated carbocycles. The standard InChI is InChI=1S/C19H23NO5S/c1-11(22-3)7-15(21)12(2)14-10-26-20-18(14)13-8-16(23-4)19(25-6)17(9-13)24-5/h7-10,21H,1-6H3/b11-7+,15-12-. The molecule has 6 nitrogen and oxygen atoms in total. The van der Waals surface area contributed by atoms with Gasteiger partial charge in [-0.1, -0.05) is 0 Å². The van der Waals surface area contributed by atoms with Crippen LogP contribution in [0.25, 0.3) is 16.8 Å². The molecular weight excluding hydrogens is 354 g/mol. The van der Waals surface area contributed by atoms with E-state index in [1.165, 1.54) is 11.5 Å². The number of ether oxygens (including phenoxy) is 4. The lowest BCUT2D eigenvalue weighted by Crippen LogP contribution is -1.96. The minimum Gasteiger partial charge on any atom is -0.508 e. The zero-order valence-corrected chi connectivity index (χ0v) is 16.6. The van der Waals surface area contributed by atoms with E-state index in [0.717, 1.165) is 16.8 Å². The van der Waals surface area contributed by atoms with E-state index < -0.39 is 0 Å². The summed E-state index contributed by atoms with van der Waals surface area (Å²) in [5.74, 6) is 2.34. The number of benzene rings is 1. The molecule has 26 heavy (non-hydrogen) atoms. The van der Waals surface area contributed by atoms with Crippen LogP contribution in [0.1, 0.15) is 19.4 Å². The highest BCUT2D eigenvalue weighted by atomic mass is 32.1. The molecule has 2 aromatic rings. The lowest BCUT2D eigenvalue weighted by atomic mass is 10.0. The van der Waals surface area contributed by atoms with Crippen molar-refractivity contribution in [1.29, 1.82) is 0 Å². The Morgan fingerprint density at radius 3 is 2.15 bits per heavy atom. The smallest absolute Gasteiger partial charge is 0.203 e. The second-order valence-corrected chi connectivity index (χ2v) is 6.09. The van der Waals surface area contributed by atoms with Gasteiger partial charge in [-0.25, -0.2) is 0 Å². The molecule has 0 aliphatic rings. The summed E-state index contributed by atoms with van der Waals surface area (Å²) in [6.07, 6.45) is 1.58. The second kappa shape index (κ2) is 8.62. The quantitative estimate of drug-likeness (QED) is 0.558. The van der Waals surface area contributed by atoms with Crippen LogP contribution < -0.4 is 14.2 Å². The van der Waals surface area contributed by atoms with Crippen molar-refractivity contribution >= 4 is 17.1 Å².